The molecule has 1 heterocycles. The van der Waals surface area contributed by atoms with Gasteiger partial charge in [-0.05, 0) is 17.9 Å². The number of carbonyl (C=O) groups excluding carboxylic acids is 1. The van der Waals surface area contributed by atoms with Crippen LogP contribution in [0.3, 0.4) is 0 Å². The maximum absolute atomic E-state index is 11.6. The van der Waals surface area contributed by atoms with Crippen molar-refractivity contribution in [1.29, 1.82) is 0 Å². The molecule has 0 saturated heterocycles. The summed E-state index contributed by atoms with van der Waals surface area (Å²) < 4.78 is 0. The van der Waals surface area contributed by atoms with Crippen molar-refractivity contribution in [3.8, 4) is 0 Å². The van der Waals surface area contributed by atoms with Crippen molar-refractivity contribution in [2.45, 2.75) is 25.4 Å². The molecule has 4 N–H and O–H groups in total. The van der Waals surface area contributed by atoms with Crippen molar-refractivity contribution in [1.82, 2.24) is 5.32 Å². The van der Waals surface area contributed by atoms with E-state index in [1.165, 1.54) is 11.3 Å². The lowest BCUT2D eigenvalue weighted by Crippen LogP contribution is -2.44. The van der Waals surface area contributed by atoms with Gasteiger partial charge in [0, 0.05) is 4.88 Å². The van der Waals surface area contributed by atoms with Crippen LogP contribution in [0, 0.1) is 0 Å². The van der Waals surface area contributed by atoms with Crippen LogP contribution >= 0.6 is 11.3 Å². The van der Waals surface area contributed by atoms with Crippen LogP contribution in [-0.4, -0.2) is 23.0 Å². The number of nitrogens with one attached hydrogen (secondary N) is 1. The lowest BCUT2D eigenvalue weighted by molar-refractivity contribution is -0.142. The molecule has 0 spiro atoms. The molecule has 0 aliphatic heterocycles. The quantitative estimate of drug-likeness (QED) is 0.709. The zero-order valence-electron chi connectivity index (χ0n) is 8.84. The second kappa shape index (κ2) is 5.62. The van der Waals surface area contributed by atoms with Crippen LogP contribution in [-0.2, 0) is 9.59 Å². The van der Waals surface area contributed by atoms with E-state index in [2.05, 4.69) is 5.32 Å². The van der Waals surface area contributed by atoms with Gasteiger partial charge < -0.3 is 16.2 Å². The van der Waals surface area contributed by atoms with Crippen LogP contribution < -0.4 is 11.1 Å². The summed E-state index contributed by atoms with van der Waals surface area (Å²) in [6.07, 6.45) is 0.332. The molecule has 6 heteroatoms. The Labute approximate surface area is 97.3 Å². The molecular weight excluding hydrogens is 228 g/mol. The average Bonchev–Trinajstić information content (AvgIpc) is 2.77. The third-order valence-corrected chi connectivity index (χ3v) is 3.11. The summed E-state index contributed by atoms with van der Waals surface area (Å²) in [6.45, 7) is 1.69. The Morgan fingerprint density at radius 3 is 2.75 bits per heavy atom. The van der Waals surface area contributed by atoms with E-state index >= 15 is 0 Å². The maximum Gasteiger partial charge on any atom is 0.326 e. The number of hydrogen-bond acceptors (Lipinski definition) is 4. The van der Waals surface area contributed by atoms with Gasteiger partial charge in [0.2, 0.25) is 5.91 Å². The minimum atomic E-state index is -1.05. The van der Waals surface area contributed by atoms with Crippen molar-refractivity contribution in [2.24, 2.45) is 5.73 Å². The van der Waals surface area contributed by atoms with Crippen LogP contribution in [0.15, 0.2) is 17.5 Å². The predicted octanol–water partition coefficient (Wildman–Crippen LogP) is 0.727. The standard InChI is InChI=1S/C10H14N2O3S/c1-2-6(10(14)15)12-9(13)8(11)7-4-3-5-16-7/h3-6,8H,2,11H2,1H3,(H,12,13)(H,14,15)/t6-,8?/m0/s1. The van der Waals surface area contributed by atoms with Crippen molar-refractivity contribution in [3.63, 3.8) is 0 Å². The molecule has 1 amide bonds. The lowest BCUT2D eigenvalue weighted by atomic mass is 10.2. The lowest BCUT2D eigenvalue weighted by Gasteiger charge is -2.15. The number of amides is 1. The predicted molar refractivity (Wildman–Crippen MR) is 61.1 cm³/mol. The van der Waals surface area contributed by atoms with E-state index in [1.807, 2.05) is 5.38 Å². The maximum atomic E-state index is 11.6. The summed E-state index contributed by atoms with van der Waals surface area (Å²) in [7, 11) is 0. The Morgan fingerprint density at radius 2 is 2.31 bits per heavy atom. The molecular formula is C10H14N2O3S. The van der Waals surface area contributed by atoms with E-state index in [9.17, 15) is 9.59 Å². The van der Waals surface area contributed by atoms with Gasteiger partial charge in [-0.15, -0.1) is 11.3 Å². The first-order valence-corrected chi connectivity index (χ1v) is 5.76. The summed E-state index contributed by atoms with van der Waals surface area (Å²) in [4.78, 5) is 23.1. The molecule has 88 valence electrons. The minimum absolute atomic E-state index is 0.332. The number of carboxylic acids is 1. The molecule has 1 rings (SSSR count). The van der Waals surface area contributed by atoms with Gasteiger partial charge in [-0.3, -0.25) is 4.79 Å². The fourth-order valence-corrected chi connectivity index (χ4v) is 1.92. The van der Waals surface area contributed by atoms with Crippen molar-refractivity contribution in [3.05, 3.63) is 22.4 Å². The molecule has 0 aromatic carbocycles. The number of hydrogen-bond donors (Lipinski definition) is 3. The number of carbonyl (C=O) groups is 2. The first-order valence-electron chi connectivity index (χ1n) is 4.88. The zero-order valence-corrected chi connectivity index (χ0v) is 9.66. The molecule has 0 aliphatic rings. The molecule has 1 unspecified atom stereocenters. The Kier molecular flexibility index (Phi) is 4.45. The third kappa shape index (κ3) is 3.04. The smallest absolute Gasteiger partial charge is 0.326 e. The monoisotopic (exact) mass is 242 g/mol. The van der Waals surface area contributed by atoms with Crippen LogP contribution in [0.25, 0.3) is 0 Å². The molecule has 0 radical (unpaired) electrons. The van der Waals surface area contributed by atoms with Crippen LogP contribution in [0.2, 0.25) is 0 Å². The molecule has 2 atom stereocenters. The molecule has 0 fully saturated rings. The Bertz CT molecular complexity index is 364. The minimum Gasteiger partial charge on any atom is -0.480 e. The first kappa shape index (κ1) is 12.7. The summed E-state index contributed by atoms with van der Waals surface area (Å²) in [5, 5.41) is 13.0. The van der Waals surface area contributed by atoms with Crippen LogP contribution in [0.4, 0.5) is 0 Å². The molecule has 5 nitrogen and oxygen atoms in total. The number of aliphatic carboxylic acids is 1. The van der Waals surface area contributed by atoms with Gasteiger partial charge in [-0.2, -0.15) is 0 Å². The van der Waals surface area contributed by atoms with Gasteiger partial charge in [-0.1, -0.05) is 13.0 Å². The summed E-state index contributed by atoms with van der Waals surface area (Å²) in [5.41, 5.74) is 5.69. The summed E-state index contributed by atoms with van der Waals surface area (Å²) in [6, 6.07) is 1.87. The highest BCUT2D eigenvalue weighted by Crippen LogP contribution is 2.16. The highest BCUT2D eigenvalue weighted by Gasteiger charge is 2.22. The van der Waals surface area contributed by atoms with Gasteiger partial charge in [-0.25, -0.2) is 4.79 Å². The Balaban J connectivity index is 2.61. The second-order valence-electron chi connectivity index (χ2n) is 3.30. The van der Waals surface area contributed by atoms with Crippen molar-refractivity contribution in [2.75, 3.05) is 0 Å². The fraction of sp³-hybridized carbons (Fsp3) is 0.400. The molecule has 1 aromatic rings. The van der Waals surface area contributed by atoms with E-state index < -0.39 is 24.0 Å². The van der Waals surface area contributed by atoms with E-state index in [4.69, 9.17) is 10.8 Å². The van der Waals surface area contributed by atoms with Gasteiger partial charge in [0.05, 0.1) is 0 Å². The largest absolute Gasteiger partial charge is 0.480 e. The Hall–Kier alpha value is -1.40. The summed E-state index contributed by atoms with van der Waals surface area (Å²) in [5.74, 6) is -1.51. The van der Waals surface area contributed by atoms with Crippen molar-refractivity contribution < 1.29 is 14.7 Å². The fourth-order valence-electron chi connectivity index (χ4n) is 1.20. The normalized spacial score (nSPS) is 14.1. The van der Waals surface area contributed by atoms with Gasteiger partial charge in [0.25, 0.3) is 0 Å². The van der Waals surface area contributed by atoms with Gasteiger partial charge in [0.1, 0.15) is 12.1 Å². The van der Waals surface area contributed by atoms with E-state index in [0.29, 0.717) is 6.42 Å². The van der Waals surface area contributed by atoms with Gasteiger partial charge >= 0.3 is 5.97 Å². The topological polar surface area (TPSA) is 92.4 Å². The molecule has 0 aliphatic carbocycles. The molecule has 0 saturated carbocycles. The molecule has 0 bridgehead atoms. The molecule has 16 heavy (non-hydrogen) atoms. The number of rotatable bonds is 5. The zero-order chi connectivity index (χ0) is 12.1. The highest BCUT2D eigenvalue weighted by molar-refractivity contribution is 7.10. The SMILES string of the molecule is CC[C@H](NC(=O)C(N)c1cccs1)C(=O)O. The van der Waals surface area contributed by atoms with E-state index in [1.54, 1.807) is 19.1 Å². The van der Waals surface area contributed by atoms with Gasteiger partial charge in [0.15, 0.2) is 0 Å². The van der Waals surface area contributed by atoms with Crippen LogP contribution in [0.1, 0.15) is 24.3 Å². The second-order valence-corrected chi connectivity index (χ2v) is 4.28. The number of carboxylic acid groups (broad SMARTS) is 1. The highest BCUT2D eigenvalue weighted by atomic mass is 32.1. The van der Waals surface area contributed by atoms with Crippen molar-refractivity contribution >= 4 is 23.2 Å². The molecule has 1 aromatic heterocycles. The first-order chi connectivity index (χ1) is 7.56. The Morgan fingerprint density at radius 1 is 1.62 bits per heavy atom. The summed E-state index contributed by atoms with van der Waals surface area (Å²) >= 11 is 1.37. The third-order valence-electron chi connectivity index (χ3n) is 2.16. The average molecular weight is 242 g/mol. The van der Waals surface area contributed by atoms with E-state index in [0.717, 1.165) is 4.88 Å². The number of thiophene rings is 1. The van der Waals surface area contributed by atoms with E-state index in [-0.39, 0.29) is 0 Å². The van der Waals surface area contributed by atoms with Crippen LogP contribution in [0.5, 0.6) is 0 Å². The number of nitrogens with two attached hydrogens (primary N) is 1.